The van der Waals surface area contributed by atoms with Crippen molar-refractivity contribution in [1.82, 2.24) is 9.55 Å². The first-order valence-electron chi connectivity index (χ1n) is 6.51. The topological polar surface area (TPSA) is 52.5 Å². The molecule has 0 amide bonds. The number of imidazole rings is 1. The number of para-hydroxylation sites is 2. The summed E-state index contributed by atoms with van der Waals surface area (Å²) in [5, 5.41) is 4.14. The molecule has 0 fully saturated rings. The van der Waals surface area contributed by atoms with Gasteiger partial charge in [0.25, 0.3) is 0 Å². The second-order valence-corrected chi connectivity index (χ2v) is 4.29. The SMILES string of the molecule is CCO/N=C(/Cn1cnc2ccccc21)c1ccco1. The summed E-state index contributed by atoms with van der Waals surface area (Å²) < 4.78 is 7.43. The molecule has 0 aliphatic heterocycles. The molecule has 3 rings (SSSR count). The van der Waals surface area contributed by atoms with E-state index in [9.17, 15) is 0 Å². The fraction of sp³-hybridized carbons (Fsp3) is 0.200. The molecule has 0 saturated heterocycles. The molecule has 0 radical (unpaired) electrons. The fourth-order valence-electron chi connectivity index (χ4n) is 2.03. The third-order valence-corrected chi connectivity index (χ3v) is 2.96. The van der Waals surface area contributed by atoms with E-state index < -0.39 is 0 Å². The van der Waals surface area contributed by atoms with Gasteiger partial charge in [-0.25, -0.2) is 4.98 Å². The van der Waals surface area contributed by atoms with E-state index in [4.69, 9.17) is 9.25 Å². The highest BCUT2D eigenvalue weighted by Crippen LogP contribution is 2.13. The number of aromatic nitrogens is 2. The van der Waals surface area contributed by atoms with E-state index in [1.54, 1.807) is 12.6 Å². The molecule has 5 nitrogen and oxygen atoms in total. The van der Waals surface area contributed by atoms with Gasteiger partial charge in [-0.2, -0.15) is 0 Å². The summed E-state index contributed by atoms with van der Waals surface area (Å²) in [5.41, 5.74) is 2.76. The van der Waals surface area contributed by atoms with Crippen molar-refractivity contribution in [2.45, 2.75) is 13.5 Å². The van der Waals surface area contributed by atoms with E-state index in [2.05, 4.69) is 10.1 Å². The third-order valence-electron chi connectivity index (χ3n) is 2.96. The Hall–Kier alpha value is -2.56. The molecule has 2 aromatic heterocycles. The molecule has 20 heavy (non-hydrogen) atoms. The van der Waals surface area contributed by atoms with Crippen molar-refractivity contribution < 1.29 is 9.25 Å². The van der Waals surface area contributed by atoms with Gasteiger partial charge in [0.05, 0.1) is 30.2 Å². The van der Waals surface area contributed by atoms with Crippen molar-refractivity contribution in [2.75, 3.05) is 6.61 Å². The minimum Gasteiger partial charge on any atom is -0.463 e. The standard InChI is InChI=1S/C15H15N3O2/c1-2-20-17-13(15-8-5-9-19-15)10-18-11-16-12-6-3-4-7-14(12)18/h3-9,11H,2,10H2,1H3/b17-13-. The molecule has 0 spiro atoms. The Balaban J connectivity index is 1.94. The molecular weight excluding hydrogens is 254 g/mol. The summed E-state index contributed by atoms with van der Waals surface area (Å²) in [6.07, 6.45) is 3.43. The molecule has 0 aliphatic carbocycles. The Morgan fingerprint density at radius 3 is 3.00 bits per heavy atom. The van der Waals surface area contributed by atoms with E-state index in [-0.39, 0.29) is 0 Å². The van der Waals surface area contributed by atoms with Crippen LogP contribution in [-0.4, -0.2) is 21.9 Å². The number of fused-ring (bicyclic) bond motifs is 1. The highest BCUT2D eigenvalue weighted by atomic mass is 16.6. The average Bonchev–Trinajstić information content (AvgIpc) is 3.13. The zero-order chi connectivity index (χ0) is 13.8. The Bertz CT molecular complexity index is 714. The number of benzene rings is 1. The van der Waals surface area contributed by atoms with Crippen molar-refractivity contribution >= 4 is 16.7 Å². The Morgan fingerprint density at radius 1 is 1.30 bits per heavy atom. The van der Waals surface area contributed by atoms with E-state index in [1.807, 2.05) is 47.9 Å². The average molecular weight is 269 g/mol. The third kappa shape index (κ3) is 2.42. The largest absolute Gasteiger partial charge is 0.463 e. The zero-order valence-electron chi connectivity index (χ0n) is 11.2. The minimum absolute atomic E-state index is 0.523. The van der Waals surface area contributed by atoms with Gasteiger partial charge < -0.3 is 13.8 Å². The number of rotatable bonds is 5. The van der Waals surface area contributed by atoms with Crippen LogP contribution in [0.1, 0.15) is 12.7 Å². The fourth-order valence-corrected chi connectivity index (χ4v) is 2.03. The van der Waals surface area contributed by atoms with Crippen molar-refractivity contribution in [3.8, 4) is 0 Å². The van der Waals surface area contributed by atoms with Gasteiger partial charge in [0.2, 0.25) is 0 Å². The van der Waals surface area contributed by atoms with Crippen LogP contribution >= 0.6 is 0 Å². The van der Waals surface area contributed by atoms with Crippen LogP contribution in [0.25, 0.3) is 11.0 Å². The van der Waals surface area contributed by atoms with E-state index in [0.29, 0.717) is 18.9 Å². The van der Waals surface area contributed by atoms with Gasteiger partial charge in [-0.1, -0.05) is 17.3 Å². The lowest BCUT2D eigenvalue weighted by atomic mass is 10.2. The number of furan rings is 1. The first-order chi connectivity index (χ1) is 9.88. The highest BCUT2D eigenvalue weighted by Gasteiger charge is 2.11. The predicted octanol–water partition coefficient (Wildman–Crippen LogP) is 3.07. The molecule has 3 aromatic rings. The van der Waals surface area contributed by atoms with Gasteiger partial charge in [0, 0.05) is 0 Å². The molecule has 0 N–H and O–H groups in total. The van der Waals surface area contributed by atoms with Crippen LogP contribution < -0.4 is 0 Å². The van der Waals surface area contributed by atoms with Crippen LogP contribution in [-0.2, 0) is 11.4 Å². The van der Waals surface area contributed by atoms with Gasteiger partial charge in [-0.3, -0.25) is 0 Å². The lowest BCUT2D eigenvalue weighted by Crippen LogP contribution is -2.11. The lowest BCUT2D eigenvalue weighted by molar-refractivity contribution is 0.157. The molecule has 0 saturated carbocycles. The lowest BCUT2D eigenvalue weighted by Gasteiger charge is -2.06. The number of hydrogen-bond donors (Lipinski definition) is 0. The van der Waals surface area contributed by atoms with Crippen LogP contribution in [0.3, 0.4) is 0 Å². The Morgan fingerprint density at radius 2 is 2.20 bits per heavy atom. The molecule has 102 valence electrons. The Labute approximate surface area is 116 Å². The molecule has 1 aromatic carbocycles. The van der Waals surface area contributed by atoms with E-state index in [0.717, 1.165) is 16.7 Å². The van der Waals surface area contributed by atoms with Crippen LogP contribution in [0.2, 0.25) is 0 Å². The minimum atomic E-state index is 0.523. The van der Waals surface area contributed by atoms with Crippen LogP contribution in [0.15, 0.2) is 58.6 Å². The zero-order valence-corrected chi connectivity index (χ0v) is 11.2. The van der Waals surface area contributed by atoms with Crippen LogP contribution in [0.4, 0.5) is 0 Å². The monoisotopic (exact) mass is 269 g/mol. The highest BCUT2D eigenvalue weighted by molar-refractivity contribution is 5.98. The molecule has 0 atom stereocenters. The Kier molecular flexibility index (Phi) is 3.50. The van der Waals surface area contributed by atoms with Gasteiger partial charge in [-0.05, 0) is 31.2 Å². The molecule has 0 bridgehead atoms. The van der Waals surface area contributed by atoms with E-state index in [1.165, 1.54) is 0 Å². The smallest absolute Gasteiger partial charge is 0.153 e. The normalized spacial score (nSPS) is 11.9. The second kappa shape index (κ2) is 5.61. The van der Waals surface area contributed by atoms with Crippen molar-refractivity contribution in [3.05, 3.63) is 54.7 Å². The van der Waals surface area contributed by atoms with Crippen molar-refractivity contribution in [1.29, 1.82) is 0 Å². The van der Waals surface area contributed by atoms with Crippen LogP contribution in [0, 0.1) is 0 Å². The summed E-state index contributed by atoms with van der Waals surface area (Å²) in [6, 6.07) is 11.7. The maximum Gasteiger partial charge on any atom is 0.153 e. The maximum absolute atomic E-state index is 5.41. The molecule has 0 unspecified atom stereocenters. The van der Waals surface area contributed by atoms with Gasteiger partial charge in [0.1, 0.15) is 12.3 Å². The molecule has 0 aliphatic rings. The van der Waals surface area contributed by atoms with Crippen molar-refractivity contribution in [2.24, 2.45) is 5.16 Å². The predicted molar refractivity (Wildman–Crippen MR) is 76.6 cm³/mol. The van der Waals surface area contributed by atoms with Gasteiger partial charge >= 0.3 is 0 Å². The molecule has 2 heterocycles. The summed E-state index contributed by atoms with van der Waals surface area (Å²) in [7, 11) is 0. The second-order valence-electron chi connectivity index (χ2n) is 4.29. The first-order valence-corrected chi connectivity index (χ1v) is 6.51. The quantitative estimate of drug-likeness (QED) is 0.528. The summed E-state index contributed by atoms with van der Waals surface area (Å²) in [6.45, 7) is 2.97. The summed E-state index contributed by atoms with van der Waals surface area (Å²) in [5.74, 6) is 0.705. The number of oxime groups is 1. The summed E-state index contributed by atoms with van der Waals surface area (Å²) >= 11 is 0. The maximum atomic E-state index is 5.41. The van der Waals surface area contributed by atoms with Gasteiger partial charge in [0.15, 0.2) is 5.76 Å². The number of nitrogens with zero attached hydrogens (tertiary/aromatic N) is 3. The first kappa shape index (κ1) is 12.5. The summed E-state index contributed by atoms with van der Waals surface area (Å²) in [4.78, 5) is 9.54. The van der Waals surface area contributed by atoms with E-state index >= 15 is 0 Å². The van der Waals surface area contributed by atoms with Crippen LogP contribution in [0.5, 0.6) is 0 Å². The number of hydrogen-bond acceptors (Lipinski definition) is 4. The van der Waals surface area contributed by atoms with Gasteiger partial charge in [-0.15, -0.1) is 0 Å². The molecular formula is C15H15N3O2. The van der Waals surface area contributed by atoms with Crippen molar-refractivity contribution in [3.63, 3.8) is 0 Å². The molecule has 5 heteroatoms.